The number of methoxy groups -OCH3 is 1. The summed E-state index contributed by atoms with van der Waals surface area (Å²) in [5.74, 6) is 0.571. The van der Waals surface area contributed by atoms with Crippen LogP contribution in [-0.2, 0) is 4.79 Å². The van der Waals surface area contributed by atoms with Crippen molar-refractivity contribution in [3.63, 3.8) is 0 Å². The average molecular weight is 407 g/mol. The van der Waals surface area contributed by atoms with E-state index in [-0.39, 0.29) is 11.2 Å². The number of benzene rings is 1. The lowest BCUT2D eigenvalue weighted by Crippen LogP contribution is -2.22. The number of ether oxygens (including phenoxy) is 1. The Bertz CT molecular complexity index is 775. The minimum atomic E-state index is -0.286. The monoisotopic (exact) mass is 406 g/mol. The lowest BCUT2D eigenvalue weighted by molar-refractivity contribution is -0.115. The van der Waals surface area contributed by atoms with E-state index < -0.39 is 0 Å². The summed E-state index contributed by atoms with van der Waals surface area (Å²) in [5, 5.41) is 15.4. The second-order valence-corrected chi connectivity index (χ2v) is 9.37. The molecule has 1 aliphatic rings. The zero-order valence-electron chi connectivity index (χ0n) is 15.9. The fourth-order valence-electron chi connectivity index (χ4n) is 3.10. The van der Waals surface area contributed by atoms with Gasteiger partial charge in [0.2, 0.25) is 11.0 Å². The molecule has 1 atom stereocenters. The Balaban J connectivity index is 1.56. The predicted octanol–water partition coefficient (Wildman–Crippen LogP) is 4.72. The topological polar surface area (TPSA) is 76.1 Å². The number of carbonyl (C=O) groups excluding carboxylic acids is 1. The Labute approximate surface area is 168 Å². The standard InChI is InChI=1S/C19H26N4O2S2/c1-12-9-10-16(25-3)15(11-12)21-17(24)13(2)26-19-23-22-18(27-19)20-14-7-5-4-6-8-14/h9-11,13-14H,4-8H2,1-3H3,(H,20,22)(H,21,24). The second-order valence-electron chi connectivity index (χ2n) is 6.81. The van der Waals surface area contributed by atoms with Crippen LogP contribution in [-0.4, -0.2) is 34.5 Å². The maximum atomic E-state index is 12.6. The molecular formula is C19H26N4O2S2. The van der Waals surface area contributed by atoms with Crippen LogP contribution in [0, 0.1) is 6.92 Å². The van der Waals surface area contributed by atoms with Crippen LogP contribution in [0.3, 0.4) is 0 Å². The summed E-state index contributed by atoms with van der Waals surface area (Å²) in [4.78, 5) is 12.6. The number of nitrogens with one attached hydrogen (secondary N) is 2. The van der Waals surface area contributed by atoms with E-state index in [1.54, 1.807) is 7.11 Å². The Hall–Kier alpha value is -1.80. The van der Waals surface area contributed by atoms with Gasteiger partial charge in [-0.05, 0) is 44.4 Å². The van der Waals surface area contributed by atoms with Crippen molar-refractivity contribution in [3.8, 4) is 5.75 Å². The minimum Gasteiger partial charge on any atom is -0.495 e. The van der Waals surface area contributed by atoms with Crippen molar-refractivity contribution < 1.29 is 9.53 Å². The number of rotatable bonds is 7. The number of aryl methyl sites for hydroxylation is 1. The van der Waals surface area contributed by atoms with E-state index in [4.69, 9.17) is 4.74 Å². The van der Waals surface area contributed by atoms with Gasteiger partial charge in [0.15, 0.2) is 4.34 Å². The molecule has 0 saturated heterocycles. The molecule has 0 radical (unpaired) electrons. The number of thioether (sulfide) groups is 1. The van der Waals surface area contributed by atoms with Gasteiger partial charge >= 0.3 is 0 Å². The van der Waals surface area contributed by atoms with Crippen LogP contribution < -0.4 is 15.4 Å². The maximum absolute atomic E-state index is 12.6. The van der Waals surface area contributed by atoms with Gasteiger partial charge in [0, 0.05) is 6.04 Å². The molecule has 2 aromatic rings. The molecule has 3 rings (SSSR count). The van der Waals surface area contributed by atoms with Crippen molar-refractivity contribution in [2.75, 3.05) is 17.7 Å². The van der Waals surface area contributed by atoms with Gasteiger partial charge in [-0.15, -0.1) is 10.2 Å². The average Bonchev–Trinajstić information content (AvgIpc) is 3.09. The number of aromatic nitrogens is 2. The SMILES string of the molecule is COc1ccc(C)cc1NC(=O)C(C)Sc1nnc(NC2CCCCC2)s1. The first-order chi connectivity index (χ1) is 13.0. The summed E-state index contributed by atoms with van der Waals surface area (Å²) >= 11 is 2.94. The highest BCUT2D eigenvalue weighted by Crippen LogP contribution is 2.32. The number of carbonyl (C=O) groups is 1. The molecule has 1 unspecified atom stereocenters. The molecule has 1 heterocycles. The summed E-state index contributed by atoms with van der Waals surface area (Å²) in [7, 11) is 1.60. The Morgan fingerprint density at radius 1 is 1.30 bits per heavy atom. The van der Waals surface area contributed by atoms with Crippen molar-refractivity contribution in [2.24, 2.45) is 0 Å². The molecule has 1 aromatic carbocycles. The summed E-state index contributed by atoms with van der Waals surface area (Å²) < 4.78 is 6.12. The fourth-order valence-corrected chi connectivity index (χ4v) is 5.07. The first kappa shape index (κ1) is 19.9. The fraction of sp³-hybridized carbons (Fsp3) is 0.526. The van der Waals surface area contributed by atoms with Gasteiger partial charge < -0.3 is 15.4 Å². The lowest BCUT2D eigenvalue weighted by Gasteiger charge is -2.21. The largest absolute Gasteiger partial charge is 0.495 e. The molecule has 146 valence electrons. The van der Waals surface area contributed by atoms with Crippen LogP contribution in [0.25, 0.3) is 0 Å². The molecule has 1 aliphatic carbocycles. The Kier molecular flexibility index (Phi) is 6.95. The van der Waals surface area contributed by atoms with Gasteiger partial charge in [-0.3, -0.25) is 4.79 Å². The molecule has 1 saturated carbocycles. The number of amides is 1. The molecule has 1 fully saturated rings. The van der Waals surface area contributed by atoms with Crippen LogP contribution in [0.1, 0.15) is 44.6 Å². The molecule has 0 bridgehead atoms. The molecule has 0 aliphatic heterocycles. The van der Waals surface area contributed by atoms with Crippen LogP contribution in [0.5, 0.6) is 5.75 Å². The summed E-state index contributed by atoms with van der Waals surface area (Å²) in [6.07, 6.45) is 6.27. The van der Waals surface area contributed by atoms with Crippen molar-refractivity contribution >= 4 is 39.8 Å². The van der Waals surface area contributed by atoms with E-state index in [1.165, 1.54) is 55.2 Å². The van der Waals surface area contributed by atoms with Crippen LogP contribution in [0.4, 0.5) is 10.8 Å². The smallest absolute Gasteiger partial charge is 0.237 e. The zero-order valence-corrected chi connectivity index (χ0v) is 17.6. The van der Waals surface area contributed by atoms with Crippen molar-refractivity contribution in [1.29, 1.82) is 0 Å². The van der Waals surface area contributed by atoms with Gasteiger partial charge in [-0.1, -0.05) is 48.4 Å². The van der Waals surface area contributed by atoms with Crippen molar-refractivity contribution in [3.05, 3.63) is 23.8 Å². The quantitative estimate of drug-likeness (QED) is 0.648. The van der Waals surface area contributed by atoms with E-state index >= 15 is 0 Å². The lowest BCUT2D eigenvalue weighted by atomic mass is 9.96. The molecular weight excluding hydrogens is 380 g/mol. The summed E-state index contributed by atoms with van der Waals surface area (Å²) in [6.45, 7) is 3.85. The summed E-state index contributed by atoms with van der Waals surface area (Å²) in [6, 6.07) is 6.22. The first-order valence-corrected chi connectivity index (χ1v) is 11.0. The third kappa shape index (κ3) is 5.59. The summed E-state index contributed by atoms with van der Waals surface area (Å²) in [5.41, 5.74) is 1.75. The van der Waals surface area contributed by atoms with E-state index in [1.807, 2.05) is 32.0 Å². The van der Waals surface area contributed by atoms with E-state index in [0.717, 1.165) is 15.0 Å². The third-order valence-electron chi connectivity index (χ3n) is 4.60. The molecule has 2 N–H and O–H groups in total. The van der Waals surface area contributed by atoms with E-state index in [9.17, 15) is 4.79 Å². The van der Waals surface area contributed by atoms with E-state index in [2.05, 4.69) is 20.8 Å². The number of nitrogens with zero attached hydrogens (tertiary/aromatic N) is 2. The van der Waals surface area contributed by atoms with Gasteiger partial charge in [-0.25, -0.2) is 0 Å². The zero-order chi connectivity index (χ0) is 19.2. The van der Waals surface area contributed by atoms with E-state index in [0.29, 0.717) is 17.5 Å². The molecule has 27 heavy (non-hydrogen) atoms. The highest BCUT2D eigenvalue weighted by atomic mass is 32.2. The maximum Gasteiger partial charge on any atom is 0.237 e. The van der Waals surface area contributed by atoms with Crippen molar-refractivity contribution in [1.82, 2.24) is 10.2 Å². The minimum absolute atomic E-state index is 0.0825. The van der Waals surface area contributed by atoms with Gasteiger partial charge in [0.1, 0.15) is 5.75 Å². The van der Waals surface area contributed by atoms with Gasteiger partial charge in [0.05, 0.1) is 18.0 Å². The number of anilines is 2. The Morgan fingerprint density at radius 2 is 2.07 bits per heavy atom. The molecule has 1 amide bonds. The van der Waals surface area contributed by atoms with Crippen LogP contribution in [0.15, 0.2) is 22.5 Å². The molecule has 8 heteroatoms. The molecule has 6 nitrogen and oxygen atoms in total. The third-order valence-corrected chi connectivity index (χ3v) is 6.64. The highest BCUT2D eigenvalue weighted by molar-refractivity contribution is 8.02. The van der Waals surface area contributed by atoms with Gasteiger partial charge in [0.25, 0.3) is 0 Å². The number of hydrogen-bond acceptors (Lipinski definition) is 7. The second kappa shape index (κ2) is 9.41. The predicted molar refractivity (Wildman–Crippen MR) is 112 cm³/mol. The first-order valence-electron chi connectivity index (χ1n) is 9.27. The van der Waals surface area contributed by atoms with Crippen molar-refractivity contribution in [2.45, 2.75) is 61.6 Å². The normalized spacial score (nSPS) is 16.0. The van der Waals surface area contributed by atoms with Crippen LogP contribution in [0.2, 0.25) is 0 Å². The molecule has 0 spiro atoms. The molecule has 1 aromatic heterocycles. The van der Waals surface area contributed by atoms with Gasteiger partial charge in [-0.2, -0.15) is 0 Å². The van der Waals surface area contributed by atoms with Crippen LogP contribution >= 0.6 is 23.1 Å². The Morgan fingerprint density at radius 3 is 2.81 bits per heavy atom. The highest BCUT2D eigenvalue weighted by Gasteiger charge is 2.20. The number of hydrogen-bond donors (Lipinski definition) is 2.